The summed E-state index contributed by atoms with van der Waals surface area (Å²) in [5, 5.41) is 0.468. The molecule has 0 aliphatic carbocycles. The average molecular weight is 524 g/mol. The molecule has 5 nitrogen and oxygen atoms in total. The summed E-state index contributed by atoms with van der Waals surface area (Å²) in [6.45, 7) is 8.50. The Balaban J connectivity index is 1.91. The molecule has 0 aromatic heterocycles. The van der Waals surface area contributed by atoms with Gasteiger partial charge in [-0.25, -0.2) is 9.79 Å². The lowest BCUT2D eigenvalue weighted by Crippen LogP contribution is -2.06. The maximum absolute atomic E-state index is 12.3. The van der Waals surface area contributed by atoms with Crippen LogP contribution in [0.15, 0.2) is 59.2 Å². The molecule has 1 aliphatic rings. The van der Waals surface area contributed by atoms with Gasteiger partial charge in [0.2, 0.25) is 5.90 Å². The maximum atomic E-state index is 12.3. The van der Waals surface area contributed by atoms with E-state index in [0.717, 1.165) is 14.7 Å². The van der Waals surface area contributed by atoms with Crippen LogP contribution in [0.5, 0.6) is 11.5 Å². The number of hydrogen-bond acceptors (Lipinski definition) is 5. The van der Waals surface area contributed by atoms with Gasteiger partial charge in [0.15, 0.2) is 17.2 Å². The molecule has 1 aliphatic heterocycles. The standard InChI is InChI=1S/C22H19ClINO4/c1-4-27-20-10-14(5-8-19(20)28-12-13(2)3)9-18-22(26)29-21(25-18)16-11-15(24)6-7-17(16)23/h5-11H,2,4,12H2,1,3H3/b18-9-. The highest BCUT2D eigenvalue weighted by Crippen LogP contribution is 2.31. The van der Waals surface area contributed by atoms with Crippen LogP contribution in [0.3, 0.4) is 0 Å². The minimum absolute atomic E-state index is 0.188. The van der Waals surface area contributed by atoms with Gasteiger partial charge in [0.1, 0.15) is 6.61 Å². The van der Waals surface area contributed by atoms with Gasteiger partial charge in [-0.05, 0) is 84.0 Å². The fraction of sp³-hybridized carbons (Fsp3) is 0.182. The van der Waals surface area contributed by atoms with Crippen molar-refractivity contribution >= 4 is 52.1 Å². The van der Waals surface area contributed by atoms with Gasteiger partial charge in [0.05, 0.1) is 17.2 Å². The second kappa shape index (κ2) is 9.45. The van der Waals surface area contributed by atoms with Gasteiger partial charge in [0.25, 0.3) is 0 Å². The zero-order valence-electron chi connectivity index (χ0n) is 16.0. The number of hydrogen-bond donors (Lipinski definition) is 0. The van der Waals surface area contributed by atoms with E-state index in [0.29, 0.717) is 35.3 Å². The number of rotatable bonds is 7. The lowest BCUT2D eigenvalue weighted by molar-refractivity contribution is -0.129. The molecular weight excluding hydrogens is 505 g/mol. The molecule has 0 unspecified atom stereocenters. The first-order chi connectivity index (χ1) is 13.9. The summed E-state index contributed by atoms with van der Waals surface area (Å²) in [5.74, 6) is 0.854. The SMILES string of the molecule is C=C(C)COc1ccc(/C=C2\N=C(c3cc(I)ccc3Cl)OC2=O)cc1OCC. The Bertz CT molecular complexity index is 1030. The van der Waals surface area contributed by atoms with E-state index in [1.165, 1.54) is 0 Å². The Kier molecular flexibility index (Phi) is 6.97. The number of ether oxygens (including phenoxy) is 3. The molecule has 0 radical (unpaired) electrons. The van der Waals surface area contributed by atoms with E-state index in [9.17, 15) is 4.79 Å². The fourth-order valence-electron chi connectivity index (χ4n) is 2.55. The van der Waals surface area contributed by atoms with Crippen LogP contribution >= 0.6 is 34.2 Å². The zero-order chi connectivity index (χ0) is 21.0. The molecule has 7 heteroatoms. The van der Waals surface area contributed by atoms with Gasteiger partial charge >= 0.3 is 5.97 Å². The van der Waals surface area contributed by atoms with Crippen molar-refractivity contribution in [3.05, 3.63) is 74.0 Å². The summed E-state index contributed by atoms with van der Waals surface area (Å²) in [6, 6.07) is 10.8. The number of halogens is 2. The topological polar surface area (TPSA) is 57.1 Å². The van der Waals surface area contributed by atoms with Gasteiger partial charge < -0.3 is 14.2 Å². The van der Waals surface area contributed by atoms with Crippen molar-refractivity contribution in [1.82, 2.24) is 0 Å². The van der Waals surface area contributed by atoms with Crippen molar-refractivity contribution in [3.63, 3.8) is 0 Å². The second-order valence-corrected chi connectivity index (χ2v) is 8.00. The van der Waals surface area contributed by atoms with Crippen molar-refractivity contribution in [2.24, 2.45) is 4.99 Å². The summed E-state index contributed by atoms with van der Waals surface area (Å²) >= 11 is 8.39. The number of nitrogens with zero attached hydrogens (tertiary/aromatic N) is 1. The summed E-state index contributed by atoms with van der Waals surface area (Å²) in [7, 11) is 0. The number of esters is 1. The van der Waals surface area contributed by atoms with E-state index in [1.807, 2.05) is 32.0 Å². The minimum atomic E-state index is -0.532. The number of aliphatic imine (C=N–C) groups is 1. The molecule has 2 aromatic carbocycles. The fourth-order valence-corrected chi connectivity index (χ4v) is 3.24. The molecule has 0 bridgehead atoms. The first-order valence-corrected chi connectivity index (χ1v) is 10.3. The van der Waals surface area contributed by atoms with E-state index in [-0.39, 0.29) is 11.6 Å². The monoisotopic (exact) mass is 523 g/mol. The van der Waals surface area contributed by atoms with E-state index < -0.39 is 5.97 Å². The molecule has 0 atom stereocenters. The lowest BCUT2D eigenvalue weighted by atomic mass is 10.1. The molecule has 3 rings (SSSR count). The van der Waals surface area contributed by atoms with Crippen LogP contribution in [0, 0.1) is 3.57 Å². The van der Waals surface area contributed by atoms with Crippen LogP contribution < -0.4 is 9.47 Å². The van der Waals surface area contributed by atoms with Gasteiger partial charge in [-0.3, -0.25) is 0 Å². The molecule has 0 saturated heterocycles. The van der Waals surface area contributed by atoms with Crippen LogP contribution in [0.25, 0.3) is 6.08 Å². The molecule has 0 N–H and O–H groups in total. The van der Waals surface area contributed by atoms with Crippen molar-refractivity contribution in [3.8, 4) is 11.5 Å². The molecule has 29 heavy (non-hydrogen) atoms. The lowest BCUT2D eigenvalue weighted by Gasteiger charge is -2.12. The summed E-state index contributed by atoms with van der Waals surface area (Å²) in [4.78, 5) is 16.6. The van der Waals surface area contributed by atoms with E-state index >= 15 is 0 Å². The number of carbonyl (C=O) groups is 1. The summed E-state index contributed by atoms with van der Waals surface area (Å²) in [5.41, 5.74) is 2.41. The molecule has 0 spiro atoms. The van der Waals surface area contributed by atoms with E-state index in [2.05, 4.69) is 34.2 Å². The molecule has 150 valence electrons. The van der Waals surface area contributed by atoms with Crippen LogP contribution in [0.1, 0.15) is 25.0 Å². The predicted molar refractivity (Wildman–Crippen MR) is 123 cm³/mol. The van der Waals surface area contributed by atoms with Crippen LogP contribution in [-0.2, 0) is 9.53 Å². The maximum Gasteiger partial charge on any atom is 0.363 e. The first-order valence-electron chi connectivity index (χ1n) is 8.89. The molecule has 0 amide bonds. The van der Waals surface area contributed by atoms with E-state index in [1.54, 1.807) is 24.3 Å². The molecule has 0 saturated carbocycles. The van der Waals surface area contributed by atoms with Crippen molar-refractivity contribution in [1.29, 1.82) is 0 Å². The minimum Gasteiger partial charge on any atom is -0.490 e. The van der Waals surface area contributed by atoms with Gasteiger partial charge in [0, 0.05) is 3.57 Å². The van der Waals surface area contributed by atoms with E-state index in [4.69, 9.17) is 25.8 Å². The highest BCUT2D eigenvalue weighted by atomic mass is 127. The van der Waals surface area contributed by atoms with Crippen molar-refractivity contribution in [2.45, 2.75) is 13.8 Å². The van der Waals surface area contributed by atoms with Gasteiger partial charge in [-0.15, -0.1) is 0 Å². The van der Waals surface area contributed by atoms with Crippen molar-refractivity contribution < 1.29 is 19.0 Å². The Hall–Kier alpha value is -2.32. The summed E-state index contributed by atoms with van der Waals surface area (Å²) in [6.07, 6.45) is 1.64. The normalized spacial score (nSPS) is 14.6. The quantitative estimate of drug-likeness (QED) is 0.204. The predicted octanol–water partition coefficient (Wildman–Crippen LogP) is 5.64. The van der Waals surface area contributed by atoms with Gasteiger partial charge in [-0.1, -0.05) is 24.2 Å². The zero-order valence-corrected chi connectivity index (χ0v) is 18.9. The third-order valence-corrected chi connectivity index (χ3v) is 4.82. The second-order valence-electron chi connectivity index (χ2n) is 6.35. The molecule has 0 fully saturated rings. The third kappa shape index (κ3) is 5.39. The van der Waals surface area contributed by atoms with Crippen LogP contribution in [0.4, 0.5) is 0 Å². The van der Waals surface area contributed by atoms with Gasteiger partial charge in [-0.2, -0.15) is 0 Å². The molecule has 1 heterocycles. The molecular formula is C22H19ClINO4. The van der Waals surface area contributed by atoms with Crippen LogP contribution in [-0.4, -0.2) is 25.1 Å². The number of carbonyl (C=O) groups excluding carboxylic acids is 1. The highest BCUT2D eigenvalue weighted by molar-refractivity contribution is 14.1. The van der Waals surface area contributed by atoms with Crippen LogP contribution in [0.2, 0.25) is 5.02 Å². The summed E-state index contributed by atoms with van der Waals surface area (Å²) < 4.78 is 17.7. The Morgan fingerprint density at radius 2 is 2.03 bits per heavy atom. The smallest absolute Gasteiger partial charge is 0.363 e. The Morgan fingerprint density at radius 3 is 2.76 bits per heavy atom. The largest absolute Gasteiger partial charge is 0.490 e. The Labute approximate surface area is 188 Å². The van der Waals surface area contributed by atoms with Crippen molar-refractivity contribution in [2.75, 3.05) is 13.2 Å². The highest BCUT2D eigenvalue weighted by Gasteiger charge is 2.26. The molecule has 2 aromatic rings. The number of benzene rings is 2. The average Bonchev–Trinajstić information content (AvgIpc) is 3.03. The number of cyclic esters (lactones) is 1. The third-order valence-electron chi connectivity index (χ3n) is 3.82. The first kappa shape index (κ1) is 21.4. The Morgan fingerprint density at radius 1 is 1.24 bits per heavy atom.